The van der Waals surface area contributed by atoms with Crippen LogP contribution < -0.4 is 10.6 Å². The predicted molar refractivity (Wildman–Crippen MR) is 84.1 cm³/mol. The van der Waals surface area contributed by atoms with E-state index in [1.807, 2.05) is 4.68 Å². The smallest absolute Gasteiger partial charge is 0.195 e. The van der Waals surface area contributed by atoms with Crippen molar-refractivity contribution in [2.24, 2.45) is 0 Å². The maximum absolute atomic E-state index is 14.3. The van der Waals surface area contributed by atoms with E-state index in [9.17, 15) is 13.2 Å². The Balaban J connectivity index is 1.84. The van der Waals surface area contributed by atoms with Gasteiger partial charge in [0, 0.05) is 36.3 Å². The maximum atomic E-state index is 14.3. The summed E-state index contributed by atoms with van der Waals surface area (Å²) in [4.78, 5) is 0. The zero-order valence-electron chi connectivity index (χ0n) is 13.2. The number of hydrogen-bond donors (Lipinski definition) is 2. The lowest BCUT2D eigenvalue weighted by Crippen LogP contribution is -2.32. The fourth-order valence-electron chi connectivity index (χ4n) is 3.65. The van der Waals surface area contributed by atoms with Crippen LogP contribution in [0.25, 0.3) is 11.3 Å². The summed E-state index contributed by atoms with van der Waals surface area (Å²) in [6, 6.07) is 2.50. The van der Waals surface area contributed by atoms with E-state index in [1.165, 1.54) is 6.07 Å². The van der Waals surface area contributed by atoms with Crippen molar-refractivity contribution >= 4 is 0 Å². The van der Waals surface area contributed by atoms with Gasteiger partial charge in [0.05, 0.1) is 6.04 Å². The number of hydrogen-bond acceptors (Lipinski definition) is 3. The molecule has 2 aliphatic heterocycles. The zero-order valence-corrected chi connectivity index (χ0v) is 13.2. The van der Waals surface area contributed by atoms with Gasteiger partial charge in [0.15, 0.2) is 17.5 Å². The van der Waals surface area contributed by atoms with E-state index >= 15 is 0 Å². The normalized spacial score (nSPS) is 18.6. The van der Waals surface area contributed by atoms with E-state index in [4.69, 9.17) is 0 Å². The molecule has 128 valence electrons. The van der Waals surface area contributed by atoms with Crippen molar-refractivity contribution < 1.29 is 13.2 Å². The summed E-state index contributed by atoms with van der Waals surface area (Å²) in [6.45, 7) is 3.25. The molecule has 1 fully saturated rings. The van der Waals surface area contributed by atoms with Gasteiger partial charge in [-0.2, -0.15) is 5.10 Å². The SMILES string of the molecule is Fc1ccc(-c2nn(C3CCNCC3)c3c2CNCC3)c(F)c1F. The Kier molecular flexibility index (Phi) is 4.05. The van der Waals surface area contributed by atoms with Crippen molar-refractivity contribution in [1.29, 1.82) is 0 Å². The average Bonchev–Trinajstić information content (AvgIpc) is 3.00. The van der Waals surface area contributed by atoms with Crippen molar-refractivity contribution in [3.8, 4) is 11.3 Å². The molecule has 0 bridgehead atoms. The minimum absolute atomic E-state index is 0.0292. The number of nitrogens with zero attached hydrogens (tertiary/aromatic N) is 2. The number of rotatable bonds is 2. The molecule has 4 nitrogen and oxygen atoms in total. The first kappa shape index (κ1) is 15.7. The number of piperidine rings is 1. The second-order valence-electron chi connectivity index (χ2n) is 6.35. The third kappa shape index (κ3) is 2.52. The fourth-order valence-corrected chi connectivity index (χ4v) is 3.65. The molecule has 4 rings (SSSR count). The number of nitrogens with one attached hydrogen (secondary N) is 2. The highest BCUT2D eigenvalue weighted by Crippen LogP contribution is 2.34. The molecule has 2 N–H and O–H groups in total. The summed E-state index contributed by atoms with van der Waals surface area (Å²) in [7, 11) is 0. The summed E-state index contributed by atoms with van der Waals surface area (Å²) in [6.07, 6.45) is 2.72. The minimum Gasteiger partial charge on any atom is -0.317 e. The monoisotopic (exact) mass is 336 g/mol. The van der Waals surface area contributed by atoms with Crippen molar-refractivity contribution in [3.63, 3.8) is 0 Å². The molecule has 24 heavy (non-hydrogen) atoms. The Morgan fingerprint density at radius 2 is 1.79 bits per heavy atom. The summed E-state index contributed by atoms with van der Waals surface area (Å²) in [5, 5.41) is 11.2. The van der Waals surface area contributed by atoms with Gasteiger partial charge >= 0.3 is 0 Å². The van der Waals surface area contributed by atoms with Crippen molar-refractivity contribution in [2.75, 3.05) is 19.6 Å². The molecule has 2 aromatic rings. The molecule has 1 saturated heterocycles. The molecule has 0 amide bonds. The lowest BCUT2D eigenvalue weighted by molar-refractivity contribution is 0.333. The van der Waals surface area contributed by atoms with Crippen LogP contribution >= 0.6 is 0 Å². The number of fused-ring (bicyclic) bond motifs is 1. The van der Waals surface area contributed by atoms with Crippen LogP contribution in [-0.4, -0.2) is 29.4 Å². The lowest BCUT2D eigenvalue weighted by Gasteiger charge is -2.26. The molecule has 0 atom stereocenters. The van der Waals surface area contributed by atoms with Gasteiger partial charge in [-0.25, -0.2) is 13.2 Å². The first-order chi connectivity index (χ1) is 11.7. The maximum Gasteiger partial charge on any atom is 0.195 e. The molecule has 1 aromatic carbocycles. The molecule has 0 unspecified atom stereocenters. The van der Waals surface area contributed by atoms with Crippen LogP contribution in [0.3, 0.4) is 0 Å². The first-order valence-corrected chi connectivity index (χ1v) is 8.32. The fraction of sp³-hybridized carbons (Fsp3) is 0.471. The lowest BCUT2D eigenvalue weighted by atomic mass is 10.0. The highest BCUT2D eigenvalue weighted by atomic mass is 19.2. The Hall–Kier alpha value is -1.86. The van der Waals surface area contributed by atoms with Gasteiger partial charge in [0.25, 0.3) is 0 Å². The van der Waals surface area contributed by atoms with Crippen LogP contribution in [0, 0.1) is 17.5 Å². The molecule has 2 aliphatic rings. The first-order valence-electron chi connectivity index (χ1n) is 8.32. The van der Waals surface area contributed by atoms with Crippen LogP contribution in [-0.2, 0) is 13.0 Å². The second-order valence-corrected chi connectivity index (χ2v) is 6.35. The van der Waals surface area contributed by atoms with Crippen molar-refractivity contribution in [2.45, 2.75) is 31.8 Å². The van der Waals surface area contributed by atoms with E-state index in [0.717, 1.165) is 56.2 Å². The molecule has 1 aromatic heterocycles. The summed E-state index contributed by atoms with van der Waals surface area (Å²) in [5.41, 5.74) is 2.43. The molecule has 3 heterocycles. The molecular weight excluding hydrogens is 317 g/mol. The van der Waals surface area contributed by atoms with Crippen molar-refractivity contribution in [3.05, 3.63) is 40.8 Å². The Morgan fingerprint density at radius 3 is 2.58 bits per heavy atom. The standard InChI is InChI=1S/C17H19F3N4/c18-13-2-1-11(15(19)16(13)20)17-12-9-22-8-5-14(12)24(23-17)10-3-6-21-7-4-10/h1-2,10,21-22H,3-9H2. The van der Waals surface area contributed by atoms with E-state index in [2.05, 4.69) is 15.7 Å². The van der Waals surface area contributed by atoms with E-state index < -0.39 is 17.5 Å². The van der Waals surface area contributed by atoms with Gasteiger partial charge in [-0.15, -0.1) is 0 Å². The van der Waals surface area contributed by atoms with Gasteiger partial charge in [0.2, 0.25) is 0 Å². The van der Waals surface area contributed by atoms with Crippen LogP contribution in [0.5, 0.6) is 0 Å². The largest absolute Gasteiger partial charge is 0.317 e. The van der Waals surface area contributed by atoms with Crippen LogP contribution in [0.4, 0.5) is 13.2 Å². The Morgan fingerprint density at radius 1 is 1.00 bits per heavy atom. The Bertz CT molecular complexity index is 766. The van der Waals surface area contributed by atoms with Crippen molar-refractivity contribution in [1.82, 2.24) is 20.4 Å². The molecule has 0 aliphatic carbocycles. The van der Waals surface area contributed by atoms with Gasteiger partial charge in [-0.05, 0) is 38.1 Å². The molecule has 0 spiro atoms. The summed E-state index contributed by atoms with van der Waals surface area (Å²) < 4.78 is 43.2. The summed E-state index contributed by atoms with van der Waals surface area (Å²) in [5.74, 6) is -3.79. The Labute approximate surface area is 138 Å². The van der Waals surface area contributed by atoms with Crippen LogP contribution in [0.2, 0.25) is 0 Å². The highest BCUT2D eigenvalue weighted by Gasteiger charge is 2.28. The van der Waals surface area contributed by atoms with Gasteiger partial charge in [0.1, 0.15) is 5.69 Å². The quantitative estimate of drug-likeness (QED) is 0.828. The third-order valence-corrected chi connectivity index (χ3v) is 4.90. The molecular formula is C17H19F3N4. The van der Waals surface area contributed by atoms with Gasteiger partial charge in [-0.1, -0.05) is 0 Å². The average molecular weight is 336 g/mol. The molecule has 7 heteroatoms. The minimum atomic E-state index is -1.44. The number of aromatic nitrogens is 2. The van der Waals surface area contributed by atoms with Crippen LogP contribution in [0.1, 0.15) is 30.1 Å². The zero-order chi connectivity index (χ0) is 16.7. The third-order valence-electron chi connectivity index (χ3n) is 4.90. The van der Waals surface area contributed by atoms with Gasteiger partial charge in [-0.3, -0.25) is 4.68 Å². The van der Waals surface area contributed by atoms with E-state index in [-0.39, 0.29) is 11.6 Å². The summed E-state index contributed by atoms with van der Waals surface area (Å²) >= 11 is 0. The topological polar surface area (TPSA) is 41.9 Å². The predicted octanol–water partition coefficient (Wildman–Crippen LogP) is 2.54. The van der Waals surface area contributed by atoms with Gasteiger partial charge < -0.3 is 10.6 Å². The molecule has 0 radical (unpaired) electrons. The van der Waals surface area contributed by atoms with Crippen LogP contribution in [0.15, 0.2) is 12.1 Å². The molecule has 0 saturated carbocycles. The highest BCUT2D eigenvalue weighted by molar-refractivity contribution is 5.65. The number of halogens is 3. The number of benzene rings is 1. The van der Waals surface area contributed by atoms with E-state index in [1.54, 1.807) is 0 Å². The second kappa shape index (κ2) is 6.22. The van der Waals surface area contributed by atoms with E-state index in [0.29, 0.717) is 12.2 Å².